The number of nitrogens with zero attached hydrogens (tertiary/aromatic N) is 1. The molecule has 2 heteroatoms. The first-order valence-electron chi connectivity index (χ1n) is 5.21. The molecule has 0 aromatic heterocycles. The van der Waals surface area contributed by atoms with Crippen LogP contribution < -0.4 is 5.73 Å². The predicted octanol–water partition coefficient (Wildman–Crippen LogP) is 2.44. The second-order valence-corrected chi connectivity index (χ2v) is 5.29. The van der Waals surface area contributed by atoms with Gasteiger partial charge in [-0.2, -0.15) is 0 Å². The van der Waals surface area contributed by atoms with Crippen LogP contribution in [0.25, 0.3) is 0 Å². The van der Waals surface area contributed by atoms with Gasteiger partial charge in [-0.05, 0) is 24.7 Å². The first-order chi connectivity index (χ1) is 5.91. The van der Waals surface area contributed by atoms with Gasteiger partial charge < -0.3 is 5.73 Å². The van der Waals surface area contributed by atoms with Crippen LogP contribution in [0.3, 0.4) is 0 Å². The summed E-state index contributed by atoms with van der Waals surface area (Å²) in [5.41, 5.74) is 5.90. The second-order valence-electron chi connectivity index (χ2n) is 5.29. The van der Waals surface area contributed by atoms with Crippen molar-refractivity contribution in [3.05, 3.63) is 0 Å². The zero-order valence-corrected chi connectivity index (χ0v) is 9.30. The lowest BCUT2D eigenvalue weighted by Gasteiger charge is -2.18. The first kappa shape index (κ1) is 10.6. The normalized spacial score (nSPS) is 21.7. The maximum atomic E-state index is 5.87. The molecular weight excluding hydrogens is 160 g/mol. The molecule has 1 rings (SSSR count). The summed E-state index contributed by atoms with van der Waals surface area (Å²) in [6.45, 7) is 9.50. The Bertz CT molecular complexity index is 197. The van der Waals surface area contributed by atoms with Crippen LogP contribution >= 0.6 is 0 Å². The molecule has 0 aromatic rings. The molecule has 1 saturated carbocycles. The third kappa shape index (κ3) is 3.37. The lowest BCUT2D eigenvalue weighted by molar-refractivity contribution is 0.513. The van der Waals surface area contributed by atoms with Crippen LogP contribution in [0.15, 0.2) is 4.99 Å². The van der Waals surface area contributed by atoms with Gasteiger partial charge in [-0.25, -0.2) is 0 Å². The first-order valence-corrected chi connectivity index (χ1v) is 5.21. The summed E-state index contributed by atoms with van der Waals surface area (Å²) in [5.74, 6) is 2.44. The van der Waals surface area contributed by atoms with Gasteiger partial charge >= 0.3 is 0 Å². The van der Waals surface area contributed by atoms with Crippen LogP contribution in [0.5, 0.6) is 0 Å². The highest BCUT2D eigenvalue weighted by atomic mass is 14.9. The van der Waals surface area contributed by atoms with Gasteiger partial charge in [0.15, 0.2) is 0 Å². The van der Waals surface area contributed by atoms with Crippen LogP contribution in [-0.2, 0) is 0 Å². The fourth-order valence-corrected chi connectivity index (χ4v) is 1.29. The van der Waals surface area contributed by atoms with Gasteiger partial charge in [0.05, 0.1) is 5.84 Å². The van der Waals surface area contributed by atoms with Crippen LogP contribution in [0, 0.1) is 17.3 Å². The van der Waals surface area contributed by atoms with E-state index in [1.165, 1.54) is 12.8 Å². The maximum Gasteiger partial charge on any atom is 0.0991 e. The van der Waals surface area contributed by atoms with Crippen molar-refractivity contribution in [1.82, 2.24) is 0 Å². The van der Waals surface area contributed by atoms with Crippen molar-refractivity contribution in [3.63, 3.8) is 0 Å². The number of hydrogen-bond acceptors (Lipinski definition) is 1. The standard InChI is InChI=1S/C11H22N2/c1-8(9-5-6-9)7-13-10(12)11(2,3)4/h8-9H,5-7H2,1-4H3,(H2,12,13). The minimum absolute atomic E-state index is 0.0310. The minimum atomic E-state index is 0.0310. The fourth-order valence-electron chi connectivity index (χ4n) is 1.29. The Hall–Kier alpha value is -0.530. The molecule has 0 bridgehead atoms. The molecule has 0 radical (unpaired) electrons. The van der Waals surface area contributed by atoms with Gasteiger partial charge in [0.1, 0.15) is 0 Å². The summed E-state index contributed by atoms with van der Waals surface area (Å²) >= 11 is 0. The van der Waals surface area contributed by atoms with E-state index in [2.05, 4.69) is 32.7 Å². The summed E-state index contributed by atoms with van der Waals surface area (Å²) in [7, 11) is 0. The summed E-state index contributed by atoms with van der Waals surface area (Å²) in [5, 5.41) is 0. The minimum Gasteiger partial charge on any atom is -0.387 e. The third-order valence-corrected chi connectivity index (χ3v) is 2.74. The summed E-state index contributed by atoms with van der Waals surface area (Å²) in [4.78, 5) is 4.45. The molecule has 0 aromatic carbocycles. The van der Waals surface area contributed by atoms with Crippen LogP contribution in [0.4, 0.5) is 0 Å². The van der Waals surface area contributed by atoms with Gasteiger partial charge in [0, 0.05) is 12.0 Å². The topological polar surface area (TPSA) is 38.4 Å². The van der Waals surface area contributed by atoms with E-state index in [1.807, 2.05) is 0 Å². The maximum absolute atomic E-state index is 5.87. The smallest absolute Gasteiger partial charge is 0.0991 e. The quantitative estimate of drug-likeness (QED) is 0.528. The van der Waals surface area contributed by atoms with E-state index in [9.17, 15) is 0 Å². The molecule has 0 saturated heterocycles. The average Bonchev–Trinajstić information content (AvgIpc) is 2.79. The van der Waals surface area contributed by atoms with Crippen LogP contribution in [0.1, 0.15) is 40.5 Å². The lowest BCUT2D eigenvalue weighted by Crippen LogP contribution is -2.29. The molecule has 0 heterocycles. The van der Waals surface area contributed by atoms with Gasteiger partial charge in [-0.3, -0.25) is 4.99 Å². The molecule has 2 N–H and O–H groups in total. The lowest BCUT2D eigenvalue weighted by atomic mass is 9.95. The molecular formula is C11H22N2. The van der Waals surface area contributed by atoms with Gasteiger partial charge in [0.25, 0.3) is 0 Å². The Kier molecular flexibility index (Phi) is 2.99. The van der Waals surface area contributed by atoms with E-state index >= 15 is 0 Å². The zero-order chi connectivity index (χ0) is 10.1. The number of aliphatic imine (C=N–C) groups is 1. The van der Waals surface area contributed by atoms with Crippen molar-refractivity contribution in [2.75, 3.05) is 6.54 Å². The highest BCUT2D eigenvalue weighted by molar-refractivity contribution is 5.85. The molecule has 0 amide bonds. The fraction of sp³-hybridized carbons (Fsp3) is 0.909. The summed E-state index contributed by atoms with van der Waals surface area (Å²) in [6.07, 6.45) is 2.79. The number of rotatable bonds is 3. The highest BCUT2D eigenvalue weighted by Gasteiger charge is 2.27. The molecule has 76 valence electrons. The van der Waals surface area contributed by atoms with Crippen LogP contribution in [0.2, 0.25) is 0 Å². The molecule has 2 nitrogen and oxygen atoms in total. The molecule has 1 unspecified atom stereocenters. The van der Waals surface area contributed by atoms with Crippen molar-refractivity contribution in [1.29, 1.82) is 0 Å². The van der Waals surface area contributed by atoms with Gasteiger partial charge in [0.2, 0.25) is 0 Å². The Morgan fingerprint density at radius 1 is 1.46 bits per heavy atom. The Morgan fingerprint density at radius 3 is 2.38 bits per heavy atom. The van der Waals surface area contributed by atoms with E-state index in [0.29, 0.717) is 0 Å². The van der Waals surface area contributed by atoms with Crippen molar-refractivity contribution < 1.29 is 0 Å². The van der Waals surface area contributed by atoms with E-state index < -0.39 is 0 Å². The SMILES string of the molecule is CC(CN=C(N)C(C)(C)C)C1CC1. The summed E-state index contributed by atoms with van der Waals surface area (Å²) in [6, 6.07) is 0. The average molecular weight is 182 g/mol. The molecule has 1 fully saturated rings. The Labute approximate surface area is 81.6 Å². The molecule has 1 aliphatic rings. The Morgan fingerprint density at radius 2 is 2.00 bits per heavy atom. The largest absolute Gasteiger partial charge is 0.387 e. The molecule has 13 heavy (non-hydrogen) atoms. The number of nitrogens with two attached hydrogens (primary N) is 1. The van der Waals surface area contributed by atoms with Crippen molar-refractivity contribution in [3.8, 4) is 0 Å². The van der Waals surface area contributed by atoms with E-state index in [4.69, 9.17) is 5.73 Å². The molecule has 0 spiro atoms. The third-order valence-electron chi connectivity index (χ3n) is 2.74. The van der Waals surface area contributed by atoms with Crippen molar-refractivity contribution in [2.45, 2.75) is 40.5 Å². The van der Waals surface area contributed by atoms with E-state index in [1.54, 1.807) is 0 Å². The predicted molar refractivity (Wildman–Crippen MR) is 57.8 cm³/mol. The monoisotopic (exact) mass is 182 g/mol. The molecule has 0 aliphatic heterocycles. The molecule has 1 atom stereocenters. The number of hydrogen-bond donors (Lipinski definition) is 1. The van der Waals surface area contributed by atoms with Gasteiger partial charge in [-0.15, -0.1) is 0 Å². The van der Waals surface area contributed by atoms with E-state index in [0.717, 1.165) is 24.2 Å². The summed E-state index contributed by atoms with van der Waals surface area (Å²) < 4.78 is 0. The van der Waals surface area contributed by atoms with Gasteiger partial charge in [-0.1, -0.05) is 27.7 Å². The second kappa shape index (κ2) is 3.69. The zero-order valence-electron chi connectivity index (χ0n) is 9.30. The van der Waals surface area contributed by atoms with Crippen molar-refractivity contribution >= 4 is 5.84 Å². The number of amidine groups is 1. The van der Waals surface area contributed by atoms with Crippen LogP contribution in [-0.4, -0.2) is 12.4 Å². The van der Waals surface area contributed by atoms with E-state index in [-0.39, 0.29) is 5.41 Å². The highest BCUT2D eigenvalue weighted by Crippen LogP contribution is 2.36. The Balaban J connectivity index is 2.37. The molecule has 1 aliphatic carbocycles. The van der Waals surface area contributed by atoms with Crippen molar-refractivity contribution in [2.24, 2.45) is 28.0 Å².